The van der Waals surface area contributed by atoms with Crippen LogP contribution in [0, 0.1) is 0 Å². The second-order valence-corrected chi connectivity index (χ2v) is 6.00. The fraction of sp³-hybridized carbons (Fsp3) is 0.750. The molecule has 1 saturated heterocycles. The average Bonchev–Trinajstić information content (AvgIpc) is 2.39. The molecular formula is C16H28N4. The minimum Gasteiger partial charge on any atom is -0.369 e. The number of rotatable bonds is 4. The minimum atomic E-state index is 0.381. The van der Waals surface area contributed by atoms with E-state index < -0.39 is 0 Å². The van der Waals surface area contributed by atoms with Gasteiger partial charge >= 0.3 is 0 Å². The molecule has 1 aliphatic rings. The molecule has 1 aliphatic heterocycles. The van der Waals surface area contributed by atoms with Crippen LogP contribution in [-0.2, 0) is 6.54 Å². The van der Waals surface area contributed by atoms with Gasteiger partial charge in [-0.05, 0) is 19.9 Å². The van der Waals surface area contributed by atoms with Crippen LogP contribution < -0.4 is 10.2 Å². The number of aromatic nitrogens is 2. The summed E-state index contributed by atoms with van der Waals surface area (Å²) in [7, 11) is 1.98. The lowest BCUT2D eigenvalue weighted by molar-refractivity contribution is 0.553. The average molecular weight is 276 g/mol. The number of hydrogen-bond donors (Lipinski definition) is 1. The van der Waals surface area contributed by atoms with Gasteiger partial charge < -0.3 is 10.2 Å². The van der Waals surface area contributed by atoms with Crippen molar-refractivity contribution in [3.8, 4) is 0 Å². The van der Waals surface area contributed by atoms with Crippen molar-refractivity contribution in [3.63, 3.8) is 0 Å². The summed E-state index contributed by atoms with van der Waals surface area (Å²) < 4.78 is 0. The van der Waals surface area contributed by atoms with Crippen LogP contribution in [0.15, 0.2) is 6.20 Å². The number of hydrogen-bond acceptors (Lipinski definition) is 4. The molecule has 0 radical (unpaired) electrons. The van der Waals surface area contributed by atoms with Gasteiger partial charge in [-0.2, -0.15) is 0 Å². The van der Waals surface area contributed by atoms with Crippen LogP contribution >= 0.6 is 0 Å². The molecule has 0 atom stereocenters. The zero-order chi connectivity index (χ0) is 14.4. The lowest BCUT2D eigenvalue weighted by atomic mass is 10.1. The Bertz CT molecular complexity index is 409. The Morgan fingerprint density at radius 3 is 2.40 bits per heavy atom. The first-order chi connectivity index (χ1) is 9.72. The molecule has 1 aromatic rings. The smallest absolute Gasteiger partial charge is 0.131 e. The highest BCUT2D eigenvalue weighted by Gasteiger charge is 2.16. The predicted octanol–water partition coefficient (Wildman–Crippen LogP) is 3.09. The quantitative estimate of drug-likeness (QED) is 0.917. The highest BCUT2D eigenvalue weighted by molar-refractivity contribution is 5.49. The van der Waals surface area contributed by atoms with Gasteiger partial charge in [-0.15, -0.1) is 0 Å². The van der Waals surface area contributed by atoms with E-state index in [2.05, 4.69) is 29.0 Å². The van der Waals surface area contributed by atoms with Gasteiger partial charge in [-0.3, -0.25) is 0 Å². The van der Waals surface area contributed by atoms with Gasteiger partial charge in [0.05, 0.1) is 17.6 Å². The van der Waals surface area contributed by atoms with Gasteiger partial charge in [0.15, 0.2) is 0 Å². The molecule has 1 N–H and O–H groups in total. The van der Waals surface area contributed by atoms with Gasteiger partial charge in [-0.1, -0.05) is 33.1 Å². The van der Waals surface area contributed by atoms with Gasteiger partial charge in [0.2, 0.25) is 0 Å². The highest BCUT2D eigenvalue weighted by atomic mass is 15.2. The molecule has 1 aromatic heterocycles. The van der Waals surface area contributed by atoms with E-state index in [1.807, 2.05) is 13.2 Å². The van der Waals surface area contributed by atoms with Gasteiger partial charge in [-0.25, -0.2) is 9.97 Å². The molecule has 1 fully saturated rings. The number of anilines is 1. The Morgan fingerprint density at radius 1 is 1.15 bits per heavy atom. The maximum atomic E-state index is 4.78. The predicted molar refractivity (Wildman–Crippen MR) is 84.2 cm³/mol. The molecule has 0 aromatic carbocycles. The highest BCUT2D eigenvalue weighted by Crippen LogP contribution is 2.23. The first kappa shape index (κ1) is 15.2. The molecule has 2 rings (SSSR count). The topological polar surface area (TPSA) is 41.1 Å². The Balaban J connectivity index is 2.23. The van der Waals surface area contributed by atoms with Crippen molar-refractivity contribution in [1.82, 2.24) is 15.3 Å². The third-order valence-electron chi connectivity index (χ3n) is 3.92. The van der Waals surface area contributed by atoms with Crippen molar-refractivity contribution in [2.75, 3.05) is 25.0 Å². The molecule has 0 saturated carbocycles. The van der Waals surface area contributed by atoms with E-state index in [0.717, 1.165) is 31.2 Å². The summed E-state index contributed by atoms with van der Waals surface area (Å²) in [5, 5.41) is 3.24. The monoisotopic (exact) mass is 276 g/mol. The SMILES string of the molecule is CNCc1nc(C(C)C)ncc1N1CCCCCCC1. The summed E-state index contributed by atoms with van der Waals surface area (Å²) in [5.41, 5.74) is 2.37. The molecule has 4 heteroatoms. The molecule has 0 spiro atoms. The van der Waals surface area contributed by atoms with E-state index in [1.165, 1.54) is 37.8 Å². The van der Waals surface area contributed by atoms with E-state index in [9.17, 15) is 0 Å². The van der Waals surface area contributed by atoms with Crippen molar-refractivity contribution in [2.45, 2.75) is 58.4 Å². The molecule has 112 valence electrons. The second-order valence-electron chi connectivity index (χ2n) is 6.00. The van der Waals surface area contributed by atoms with Crippen LogP contribution in [0.25, 0.3) is 0 Å². The molecule has 4 nitrogen and oxygen atoms in total. The van der Waals surface area contributed by atoms with Crippen LogP contribution in [-0.4, -0.2) is 30.1 Å². The maximum absolute atomic E-state index is 4.78. The van der Waals surface area contributed by atoms with Gasteiger partial charge in [0.1, 0.15) is 5.82 Å². The normalized spacial score (nSPS) is 17.1. The van der Waals surface area contributed by atoms with E-state index in [1.54, 1.807) is 0 Å². The molecule has 0 amide bonds. The molecule has 2 heterocycles. The number of nitrogens with zero attached hydrogens (tertiary/aromatic N) is 3. The summed E-state index contributed by atoms with van der Waals surface area (Å²) in [4.78, 5) is 11.8. The maximum Gasteiger partial charge on any atom is 0.131 e. The lowest BCUT2D eigenvalue weighted by Crippen LogP contribution is -2.29. The summed E-state index contributed by atoms with van der Waals surface area (Å²) in [6, 6.07) is 0. The largest absolute Gasteiger partial charge is 0.369 e. The Morgan fingerprint density at radius 2 is 1.80 bits per heavy atom. The minimum absolute atomic E-state index is 0.381. The van der Waals surface area contributed by atoms with Gasteiger partial charge in [0.25, 0.3) is 0 Å². The third kappa shape index (κ3) is 3.92. The van der Waals surface area contributed by atoms with E-state index in [4.69, 9.17) is 4.98 Å². The standard InChI is InChI=1S/C16H28N4/c1-13(2)16-18-12-15(14(19-16)11-17-3)20-9-7-5-4-6-8-10-20/h12-13,17H,4-11H2,1-3H3. The van der Waals surface area contributed by atoms with Crippen molar-refractivity contribution in [1.29, 1.82) is 0 Å². The summed E-state index contributed by atoms with van der Waals surface area (Å²) in [5.74, 6) is 1.33. The molecule has 0 bridgehead atoms. The Kier molecular flexibility index (Phi) is 5.77. The van der Waals surface area contributed by atoms with Crippen molar-refractivity contribution < 1.29 is 0 Å². The lowest BCUT2D eigenvalue weighted by Gasteiger charge is -2.28. The van der Waals surface area contributed by atoms with E-state index >= 15 is 0 Å². The summed E-state index contributed by atoms with van der Waals surface area (Å²) >= 11 is 0. The van der Waals surface area contributed by atoms with Crippen LogP contribution in [0.2, 0.25) is 0 Å². The molecule has 20 heavy (non-hydrogen) atoms. The van der Waals surface area contributed by atoms with Crippen molar-refractivity contribution in [2.24, 2.45) is 0 Å². The first-order valence-electron chi connectivity index (χ1n) is 7.97. The van der Waals surface area contributed by atoms with Crippen LogP contribution in [0.1, 0.15) is 63.4 Å². The van der Waals surface area contributed by atoms with Gasteiger partial charge in [0, 0.05) is 25.6 Å². The third-order valence-corrected chi connectivity index (χ3v) is 3.92. The van der Waals surface area contributed by atoms with Crippen LogP contribution in [0.5, 0.6) is 0 Å². The molecular weight excluding hydrogens is 248 g/mol. The first-order valence-corrected chi connectivity index (χ1v) is 7.97. The summed E-state index contributed by atoms with van der Waals surface area (Å²) in [6.45, 7) is 7.39. The van der Waals surface area contributed by atoms with Crippen LogP contribution in [0.4, 0.5) is 5.69 Å². The van der Waals surface area contributed by atoms with Crippen molar-refractivity contribution >= 4 is 5.69 Å². The van der Waals surface area contributed by atoms with Crippen molar-refractivity contribution in [3.05, 3.63) is 17.7 Å². The Labute approximate surface area is 123 Å². The Hall–Kier alpha value is -1.16. The van der Waals surface area contributed by atoms with E-state index in [0.29, 0.717) is 5.92 Å². The van der Waals surface area contributed by atoms with Crippen LogP contribution in [0.3, 0.4) is 0 Å². The zero-order valence-corrected chi connectivity index (χ0v) is 13.2. The molecule has 0 unspecified atom stereocenters. The van der Waals surface area contributed by atoms with E-state index in [-0.39, 0.29) is 0 Å². The fourth-order valence-corrected chi connectivity index (χ4v) is 2.75. The zero-order valence-electron chi connectivity index (χ0n) is 13.2. The summed E-state index contributed by atoms with van der Waals surface area (Å²) in [6.07, 6.45) is 8.69. The second kappa shape index (κ2) is 7.58. The fourth-order valence-electron chi connectivity index (χ4n) is 2.75. The molecule has 0 aliphatic carbocycles. The number of nitrogens with one attached hydrogen (secondary N) is 1.